The number of benzene rings is 2. The summed E-state index contributed by atoms with van der Waals surface area (Å²) < 4.78 is 10.7. The summed E-state index contributed by atoms with van der Waals surface area (Å²) >= 11 is 0. The largest absolute Gasteiger partial charge is 0.493 e. The molecule has 0 spiro atoms. The van der Waals surface area contributed by atoms with Gasteiger partial charge in [0.25, 0.3) is 0 Å². The highest BCUT2D eigenvalue weighted by Crippen LogP contribution is 2.31. The summed E-state index contributed by atoms with van der Waals surface area (Å²) in [6.45, 7) is 1.92. The Kier molecular flexibility index (Phi) is 5.11. The van der Waals surface area contributed by atoms with Gasteiger partial charge >= 0.3 is 0 Å². The standard InChI is InChI=1S/C22H21N5O2/c1-14-12-20(25-16-9-10-18(28-2)19(13-16)29-3)27-22(24-14)26-17-8-4-6-15-7-5-11-23-21(15)17/h4-13H,1-3H3,(H2,24,25,26,27). The number of rotatable bonds is 6. The summed E-state index contributed by atoms with van der Waals surface area (Å²) in [7, 11) is 3.22. The molecule has 0 bridgehead atoms. The summed E-state index contributed by atoms with van der Waals surface area (Å²) in [5.41, 5.74) is 3.39. The van der Waals surface area contributed by atoms with Crippen molar-refractivity contribution in [1.82, 2.24) is 15.0 Å². The molecule has 29 heavy (non-hydrogen) atoms. The zero-order valence-electron chi connectivity index (χ0n) is 16.4. The van der Waals surface area contributed by atoms with E-state index in [0.717, 1.165) is 28.0 Å². The third kappa shape index (κ3) is 4.03. The van der Waals surface area contributed by atoms with Gasteiger partial charge in [0.15, 0.2) is 11.5 Å². The third-order valence-corrected chi connectivity index (χ3v) is 4.39. The van der Waals surface area contributed by atoms with Crippen LogP contribution in [0.5, 0.6) is 11.5 Å². The van der Waals surface area contributed by atoms with Gasteiger partial charge in [-0.15, -0.1) is 0 Å². The van der Waals surface area contributed by atoms with Crippen LogP contribution in [0.2, 0.25) is 0 Å². The van der Waals surface area contributed by atoms with Gasteiger partial charge in [-0.1, -0.05) is 18.2 Å². The molecule has 4 aromatic rings. The molecule has 2 aromatic heterocycles. The van der Waals surface area contributed by atoms with Crippen LogP contribution in [0.25, 0.3) is 10.9 Å². The lowest BCUT2D eigenvalue weighted by Crippen LogP contribution is -2.03. The molecule has 0 fully saturated rings. The molecule has 0 unspecified atom stereocenters. The number of hydrogen-bond acceptors (Lipinski definition) is 7. The smallest absolute Gasteiger partial charge is 0.229 e. The van der Waals surface area contributed by atoms with E-state index in [2.05, 4.69) is 25.6 Å². The molecule has 4 rings (SSSR count). The fourth-order valence-electron chi connectivity index (χ4n) is 3.08. The van der Waals surface area contributed by atoms with E-state index in [0.29, 0.717) is 23.3 Å². The van der Waals surface area contributed by atoms with Crippen LogP contribution in [0.1, 0.15) is 5.69 Å². The van der Waals surface area contributed by atoms with Crippen LogP contribution in [0.4, 0.5) is 23.1 Å². The van der Waals surface area contributed by atoms with Crippen LogP contribution in [-0.4, -0.2) is 29.2 Å². The average molecular weight is 387 g/mol. The number of nitrogens with zero attached hydrogens (tertiary/aromatic N) is 3. The van der Waals surface area contributed by atoms with Crippen molar-refractivity contribution < 1.29 is 9.47 Å². The van der Waals surface area contributed by atoms with E-state index in [9.17, 15) is 0 Å². The first-order valence-electron chi connectivity index (χ1n) is 9.12. The Morgan fingerprint density at radius 1 is 0.828 bits per heavy atom. The fraction of sp³-hybridized carbons (Fsp3) is 0.136. The minimum Gasteiger partial charge on any atom is -0.493 e. The molecule has 0 aliphatic carbocycles. The average Bonchev–Trinajstić information content (AvgIpc) is 2.73. The van der Waals surface area contributed by atoms with Gasteiger partial charge in [0.05, 0.1) is 25.4 Å². The second kappa shape index (κ2) is 8.02. The number of para-hydroxylation sites is 1. The van der Waals surface area contributed by atoms with Crippen LogP contribution in [0, 0.1) is 6.92 Å². The summed E-state index contributed by atoms with van der Waals surface area (Å²) in [6, 6.07) is 17.4. The number of fused-ring (bicyclic) bond motifs is 1. The molecular formula is C22H21N5O2. The van der Waals surface area contributed by atoms with Crippen molar-refractivity contribution >= 4 is 34.0 Å². The molecule has 0 aliphatic heterocycles. The summed E-state index contributed by atoms with van der Waals surface area (Å²) in [4.78, 5) is 13.6. The maximum absolute atomic E-state index is 5.36. The molecule has 2 aromatic carbocycles. The van der Waals surface area contributed by atoms with Crippen molar-refractivity contribution in [3.05, 3.63) is 66.5 Å². The lowest BCUT2D eigenvalue weighted by molar-refractivity contribution is 0.355. The minimum absolute atomic E-state index is 0.492. The van der Waals surface area contributed by atoms with Crippen LogP contribution >= 0.6 is 0 Å². The number of aryl methyl sites for hydroxylation is 1. The maximum atomic E-state index is 5.36. The zero-order valence-corrected chi connectivity index (χ0v) is 16.4. The molecule has 2 heterocycles. The molecule has 2 N–H and O–H groups in total. The Hall–Kier alpha value is -3.87. The highest BCUT2D eigenvalue weighted by atomic mass is 16.5. The van der Waals surface area contributed by atoms with Crippen molar-refractivity contribution in [2.24, 2.45) is 0 Å². The summed E-state index contributed by atoms with van der Waals surface area (Å²) in [5.74, 6) is 2.47. The topological polar surface area (TPSA) is 81.2 Å². The Morgan fingerprint density at radius 2 is 1.66 bits per heavy atom. The highest BCUT2D eigenvalue weighted by Gasteiger charge is 2.09. The van der Waals surface area contributed by atoms with Crippen LogP contribution in [0.15, 0.2) is 60.8 Å². The molecule has 0 saturated carbocycles. The SMILES string of the molecule is COc1ccc(Nc2cc(C)nc(Nc3cccc4cccnc34)n2)cc1OC. The first-order chi connectivity index (χ1) is 14.2. The second-order valence-corrected chi connectivity index (χ2v) is 6.42. The van der Waals surface area contributed by atoms with Crippen molar-refractivity contribution in [3.8, 4) is 11.5 Å². The molecule has 0 amide bonds. The zero-order chi connectivity index (χ0) is 20.2. The molecule has 0 aliphatic rings. The van der Waals surface area contributed by atoms with Gasteiger partial charge in [0.1, 0.15) is 5.82 Å². The van der Waals surface area contributed by atoms with Gasteiger partial charge in [0.2, 0.25) is 5.95 Å². The number of hydrogen-bond donors (Lipinski definition) is 2. The van der Waals surface area contributed by atoms with Crippen molar-refractivity contribution in [2.75, 3.05) is 24.9 Å². The molecule has 0 saturated heterocycles. The Balaban J connectivity index is 1.63. The Labute approximate surface area is 168 Å². The van der Waals surface area contributed by atoms with Gasteiger partial charge in [-0.3, -0.25) is 4.98 Å². The predicted molar refractivity (Wildman–Crippen MR) is 115 cm³/mol. The molecule has 146 valence electrons. The van der Waals surface area contributed by atoms with E-state index in [1.165, 1.54) is 0 Å². The van der Waals surface area contributed by atoms with Gasteiger partial charge in [-0.05, 0) is 31.2 Å². The fourth-order valence-corrected chi connectivity index (χ4v) is 3.08. The number of methoxy groups -OCH3 is 2. The van der Waals surface area contributed by atoms with E-state index in [-0.39, 0.29) is 0 Å². The maximum Gasteiger partial charge on any atom is 0.229 e. The summed E-state index contributed by atoms with van der Waals surface area (Å²) in [6.07, 6.45) is 1.77. The van der Waals surface area contributed by atoms with Gasteiger partial charge in [0, 0.05) is 35.1 Å². The van der Waals surface area contributed by atoms with E-state index < -0.39 is 0 Å². The minimum atomic E-state index is 0.492. The van der Waals surface area contributed by atoms with E-state index in [1.54, 1.807) is 20.4 Å². The van der Waals surface area contributed by atoms with Crippen molar-refractivity contribution in [3.63, 3.8) is 0 Å². The van der Waals surface area contributed by atoms with E-state index >= 15 is 0 Å². The first-order valence-corrected chi connectivity index (χ1v) is 9.12. The van der Waals surface area contributed by atoms with Gasteiger partial charge in [-0.2, -0.15) is 4.98 Å². The predicted octanol–water partition coefficient (Wildman–Crippen LogP) is 4.84. The highest BCUT2D eigenvalue weighted by molar-refractivity contribution is 5.91. The molecule has 0 radical (unpaired) electrons. The normalized spacial score (nSPS) is 10.6. The number of nitrogens with one attached hydrogen (secondary N) is 2. The van der Waals surface area contributed by atoms with Crippen molar-refractivity contribution in [1.29, 1.82) is 0 Å². The van der Waals surface area contributed by atoms with Crippen LogP contribution in [0.3, 0.4) is 0 Å². The second-order valence-electron chi connectivity index (χ2n) is 6.42. The summed E-state index contributed by atoms with van der Waals surface area (Å²) in [5, 5.41) is 7.63. The number of anilines is 4. The number of ether oxygens (including phenoxy) is 2. The first kappa shape index (κ1) is 18.5. The van der Waals surface area contributed by atoms with Gasteiger partial charge in [-0.25, -0.2) is 4.98 Å². The monoisotopic (exact) mass is 387 g/mol. The number of pyridine rings is 1. The molecule has 7 nitrogen and oxygen atoms in total. The molecule has 0 atom stereocenters. The lowest BCUT2D eigenvalue weighted by Gasteiger charge is -2.13. The quantitative estimate of drug-likeness (QED) is 0.490. The Bertz CT molecular complexity index is 1160. The molecule has 7 heteroatoms. The third-order valence-electron chi connectivity index (χ3n) is 4.39. The van der Waals surface area contributed by atoms with Crippen molar-refractivity contribution in [2.45, 2.75) is 6.92 Å². The van der Waals surface area contributed by atoms with Crippen LogP contribution < -0.4 is 20.1 Å². The van der Waals surface area contributed by atoms with E-state index in [1.807, 2.05) is 61.5 Å². The van der Waals surface area contributed by atoms with E-state index in [4.69, 9.17) is 9.47 Å². The van der Waals surface area contributed by atoms with Gasteiger partial charge < -0.3 is 20.1 Å². The lowest BCUT2D eigenvalue weighted by atomic mass is 10.2. The number of aromatic nitrogens is 3. The van der Waals surface area contributed by atoms with Crippen LogP contribution in [-0.2, 0) is 0 Å². The molecular weight excluding hydrogens is 366 g/mol. The Morgan fingerprint density at radius 3 is 2.48 bits per heavy atom.